The summed E-state index contributed by atoms with van der Waals surface area (Å²) in [5.41, 5.74) is 3.16. The summed E-state index contributed by atoms with van der Waals surface area (Å²) in [7, 11) is 0. The Morgan fingerprint density at radius 3 is 2.47 bits per heavy atom. The first-order valence-corrected chi connectivity index (χ1v) is 10.9. The fraction of sp³-hybridized carbons (Fsp3) is 0.115. The van der Waals surface area contributed by atoms with Crippen LogP contribution in [0.3, 0.4) is 0 Å². The fourth-order valence-corrected chi connectivity index (χ4v) is 4.58. The maximum absolute atomic E-state index is 12.9. The van der Waals surface area contributed by atoms with Crippen molar-refractivity contribution < 1.29 is 9.59 Å². The van der Waals surface area contributed by atoms with Crippen molar-refractivity contribution in [1.29, 1.82) is 0 Å². The highest BCUT2D eigenvalue weighted by Crippen LogP contribution is 2.27. The summed E-state index contributed by atoms with van der Waals surface area (Å²) in [5.74, 6) is -0.831. The average molecular weight is 440 g/mol. The molecule has 6 heteroatoms. The van der Waals surface area contributed by atoms with Gasteiger partial charge in [-0.3, -0.25) is 19.8 Å². The van der Waals surface area contributed by atoms with E-state index in [0.717, 1.165) is 16.5 Å². The number of amides is 2. The van der Waals surface area contributed by atoms with Gasteiger partial charge in [-0.2, -0.15) is 0 Å². The van der Waals surface area contributed by atoms with Crippen molar-refractivity contribution in [3.63, 3.8) is 0 Å². The molecule has 1 saturated heterocycles. The van der Waals surface area contributed by atoms with Crippen LogP contribution in [-0.2, 0) is 16.1 Å². The second kappa shape index (κ2) is 8.05. The number of thiocarbonyl (C=S) groups is 1. The fourth-order valence-electron chi connectivity index (χ4n) is 4.27. The van der Waals surface area contributed by atoms with Gasteiger partial charge in [-0.25, -0.2) is 0 Å². The molecule has 0 unspecified atom stereocenters. The van der Waals surface area contributed by atoms with Gasteiger partial charge in [-0.15, -0.1) is 0 Å². The quantitative estimate of drug-likeness (QED) is 0.290. The van der Waals surface area contributed by atoms with Crippen molar-refractivity contribution in [2.75, 3.05) is 6.54 Å². The number of carbonyl (C=O) groups is 2. The van der Waals surface area contributed by atoms with Gasteiger partial charge in [0.05, 0.1) is 0 Å². The molecule has 0 bridgehead atoms. The Labute approximate surface area is 190 Å². The van der Waals surface area contributed by atoms with Crippen LogP contribution in [-0.4, -0.2) is 32.9 Å². The second-order valence-corrected chi connectivity index (χ2v) is 8.12. The van der Waals surface area contributed by atoms with Crippen LogP contribution in [0.15, 0.2) is 78.5 Å². The molecule has 32 heavy (non-hydrogen) atoms. The highest BCUT2D eigenvalue weighted by atomic mass is 32.1. The van der Waals surface area contributed by atoms with E-state index in [2.05, 4.69) is 46.3 Å². The first kappa shape index (κ1) is 20.2. The molecule has 0 spiro atoms. The van der Waals surface area contributed by atoms with Crippen molar-refractivity contribution in [2.45, 2.75) is 13.5 Å². The highest BCUT2D eigenvalue weighted by molar-refractivity contribution is 7.80. The third-order valence-electron chi connectivity index (χ3n) is 5.84. The minimum Gasteiger partial charge on any atom is -0.342 e. The van der Waals surface area contributed by atoms with Gasteiger partial charge in [-0.1, -0.05) is 60.7 Å². The number of para-hydroxylation sites is 1. The number of likely N-dealkylation sites (N-methyl/N-ethyl adjacent to an activating group) is 1. The van der Waals surface area contributed by atoms with E-state index in [1.807, 2.05) is 43.5 Å². The number of nitrogens with one attached hydrogen (secondary N) is 1. The van der Waals surface area contributed by atoms with E-state index >= 15 is 0 Å². The van der Waals surface area contributed by atoms with Crippen LogP contribution >= 0.6 is 12.2 Å². The number of hydrogen-bond donors (Lipinski definition) is 1. The van der Waals surface area contributed by atoms with Crippen LogP contribution in [0.1, 0.15) is 18.1 Å². The van der Waals surface area contributed by atoms with Gasteiger partial charge in [0.25, 0.3) is 11.8 Å². The zero-order valence-corrected chi connectivity index (χ0v) is 18.4. The van der Waals surface area contributed by atoms with Crippen LogP contribution in [0.5, 0.6) is 0 Å². The molecular weight excluding hydrogens is 418 g/mol. The molecule has 0 atom stereocenters. The van der Waals surface area contributed by atoms with Crippen molar-refractivity contribution in [2.24, 2.45) is 0 Å². The molecule has 0 saturated carbocycles. The number of benzene rings is 3. The maximum Gasteiger partial charge on any atom is 0.265 e. The Kier molecular flexibility index (Phi) is 5.07. The SMILES string of the molecule is CCN1C(=O)/C(=C/c2cn(Cc3cccc4ccccc34)c3ccccc23)C(=O)NC1=S. The molecule has 2 heterocycles. The molecule has 1 fully saturated rings. The zero-order chi connectivity index (χ0) is 22.2. The van der Waals surface area contributed by atoms with Gasteiger partial charge in [-0.05, 0) is 47.6 Å². The summed E-state index contributed by atoms with van der Waals surface area (Å²) >= 11 is 5.13. The second-order valence-electron chi connectivity index (χ2n) is 7.73. The van der Waals surface area contributed by atoms with Gasteiger partial charge in [0, 0.05) is 35.8 Å². The number of nitrogens with zero attached hydrogens (tertiary/aromatic N) is 2. The monoisotopic (exact) mass is 439 g/mol. The summed E-state index contributed by atoms with van der Waals surface area (Å²) in [4.78, 5) is 26.8. The van der Waals surface area contributed by atoms with E-state index in [-0.39, 0.29) is 16.6 Å². The molecule has 5 rings (SSSR count). The number of hydrogen-bond acceptors (Lipinski definition) is 3. The Morgan fingerprint density at radius 2 is 1.66 bits per heavy atom. The summed E-state index contributed by atoms with van der Waals surface area (Å²) < 4.78 is 2.16. The Balaban J connectivity index is 1.61. The summed E-state index contributed by atoms with van der Waals surface area (Å²) in [5, 5.41) is 6.16. The molecule has 1 aliphatic heterocycles. The Hall–Kier alpha value is -3.77. The van der Waals surface area contributed by atoms with Crippen molar-refractivity contribution >= 4 is 56.9 Å². The standard InChI is InChI=1S/C26H21N3O2S/c1-2-29-25(31)22(24(30)27-26(29)32)14-19-16-28(23-13-6-5-12-21(19)23)15-18-10-7-9-17-8-3-4-11-20(17)18/h3-14,16H,2,15H2,1H3,(H,27,30,32)/b22-14+. The van der Waals surface area contributed by atoms with Crippen LogP contribution in [0.25, 0.3) is 27.8 Å². The topological polar surface area (TPSA) is 54.3 Å². The minimum absolute atomic E-state index is 0.0912. The number of aromatic nitrogens is 1. The minimum atomic E-state index is -0.462. The van der Waals surface area contributed by atoms with Crippen molar-refractivity contribution in [3.05, 3.63) is 89.6 Å². The first-order valence-electron chi connectivity index (χ1n) is 10.5. The smallest absolute Gasteiger partial charge is 0.265 e. The molecule has 1 aromatic heterocycles. The van der Waals surface area contributed by atoms with Crippen molar-refractivity contribution in [3.8, 4) is 0 Å². The lowest BCUT2D eigenvalue weighted by atomic mass is 10.0. The lowest BCUT2D eigenvalue weighted by Crippen LogP contribution is -2.53. The molecule has 5 nitrogen and oxygen atoms in total. The van der Waals surface area contributed by atoms with Gasteiger partial charge in [0.1, 0.15) is 5.57 Å². The van der Waals surface area contributed by atoms with Crippen LogP contribution in [0.2, 0.25) is 0 Å². The molecule has 1 N–H and O–H groups in total. The normalized spacial score (nSPS) is 15.7. The highest BCUT2D eigenvalue weighted by Gasteiger charge is 2.32. The van der Waals surface area contributed by atoms with Crippen LogP contribution in [0, 0.1) is 0 Å². The van der Waals surface area contributed by atoms with Gasteiger partial charge >= 0.3 is 0 Å². The predicted molar refractivity (Wildman–Crippen MR) is 131 cm³/mol. The van der Waals surface area contributed by atoms with E-state index in [9.17, 15) is 9.59 Å². The Morgan fingerprint density at radius 1 is 0.938 bits per heavy atom. The molecule has 0 aliphatic carbocycles. The van der Waals surface area contributed by atoms with E-state index in [4.69, 9.17) is 12.2 Å². The third-order valence-corrected chi connectivity index (χ3v) is 6.16. The number of rotatable bonds is 4. The van der Waals surface area contributed by atoms with E-state index in [0.29, 0.717) is 13.1 Å². The molecule has 0 radical (unpaired) electrons. The van der Waals surface area contributed by atoms with E-state index in [1.54, 1.807) is 6.08 Å². The summed E-state index contributed by atoms with van der Waals surface area (Å²) in [6, 6.07) is 22.7. The molecule has 3 aromatic carbocycles. The Bertz CT molecular complexity index is 1430. The van der Waals surface area contributed by atoms with Crippen molar-refractivity contribution in [1.82, 2.24) is 14.8 Å². The van der Waals surface area contributed by atoms with Crippen LogP contribution in [0.4, 0.5) is 0 Å². The molecule has 2 amide bonds. The zero-order valence-electron chi connectivity index (χ0n) is 17.5. The maximum atomic E-state index is 12.9. The predicted octanol–water partition coefficient (Wildman–Crippen LogP) is 4.49. The molecule has 158 valence electrons. The van der Waals surface area contributed by atoms with Gasteiger partial charge in [0.15, 0.2) is 5.11 Å². The third kappa shape index (κ3) is 3.39. The molecule has 1 aliphatic rings. The largest absolute Gasteiger partial charge is 0.342 e. The van der Waals surface area contributed by atoms with Gasteiger partial charge < -0.3 is 4.57 Å². The van der Waals surface area contributed by atoms with Gasteiger partial charge in [0.2, 0.25) is 0 Å². The number of fused-ring (bicyclic) bond motifs is 2. The average Bonchev–Trinajstić information content (AvgIpc) is 3.14. The lowest BCUT2D eigenvalue weighted by molar-refractivity contribution is -0.128. The summed E-state index contributed by atoms with van der Waals surface area (Å²) in [6.45, 7) is 2.91. The molecular formula is C26H21N3O2S. The summed E-state index contributed by atoms with van der Waals surface area (Å²) in [6.07, 6.45) is 3.67. The first-order chi connectivity index (χ1) is 15.6. The van der Waals surface area contributed by atoms with Crippen LogP contribution < -0.4 is 5.32 Å². The lowest BCUT2D eigenvalue weighted by Gasteiger charge is -2.27. The molecule has 4 aromatic rings. The van der Waals surface area contributed by atoms with E-state index < -0.39 is 5.91 Å². The van der Waals surface area contributed by atoms with E-state index in [1.165, 1.54) is 21.2 Å². The number of carbonyl (C=O) groups excluding carboxylic acids is 2.